The second-order valence-corrected chi connectivity index (χ2v) is 6.30. The number of anilines is 2. The predicted octanol–water partition coefficient (Wildman–Crippen LogP) is 3.94. The molecule has 24 heavy (non-hydrogen) atoms. The van der Waals surface area contributed by atoms with Crippen LogP contribution < -0.4 is 10.6 Å². The third-order valence-electron chi connectivity index (χ3n) is 3.23. The number of nitrogens with one attached hydrogen (secondary N) is 2. The fraction of sp³-hybridized carbons (Fsp3) is 0.278. The first-order chi connectivity index (χ1) is 11.7. The van der Waals surface area contributed by atoms with Crippen LogP contribution in [0.3, 0.4) is 0 Å². The average Bonchev–Trinajstić information content (AvgIpc) is 2.60. The summed E-state index contributed by atoms with van der Waals surface area (Å²) in [5.41, 5.74) is 1.52. The van der Waals surface area contributed by atoms with Crippen LogP contribution in [0, 0.1) is 0 Å². The highest BCUT2D eigenvalue weighted by molar-refractivity contribution is 8.00. The van der Waals surface area contributed by atoms with Crippen molar-refractivity contribution in [2.75, 3.05) is 16.4 Å². The van der Waals surface area contributed by atoms with Crippen molar-refractivity contribution in [1.29, 1.82) is 0 Å². The van der Waals surface area contributed by atoms with E-state index in [0.717, 1.165) is 29.1 Å². The Morgan fingerprint density at radius 2 is 1.58 bits per heavy atom. The molecule has 126 valence electrons. The Labute approximate surface area is 146 Å². The number of carbonyl (C=O) groups is 2. The van der Waals surface area contributed by atoms with Gasteiger partial charge in [-0.25, -0.2) is 0 Å². The number of amides is 2. The van der Waals surface area contributed by atoms with Crippen LogP contribution in [0.4, 0.5) is 11.4 Å². The van der Waals surface area contributed by atoms with E-state index in [2.05, 4.69) is 22.5 Å². The van der Waals surface area contributed by atoms with E-state index in [1.165, 1.54) is 11.8 Å². The molecule has 1 heterocycles. The van der Waals surface area contributed by atoms with Gasteiger partial charge in [0.25, 0.3) is 0 Å². The SMILES string of the molecule is CCCCC(=O)Nc1ccc(SCC(=O)Nc2ccncc2)cc1. The molecule has 2 aromatic rings. The molecule has 0 atom stereocenters. The van der Waals surface area contributed by atoms with Gasteiger partial charge in [-0.2, -0.15) is 0 Å². The van der Waals surface area contributed by atoms with Gasteiger partial charge in [-0.05, 0) is 42.8 Å². The molecule has 5 nitrogen and oxygen atoms in total. The summed E-state index contributed by atoms with van der Waals surface area (Å²) in [5.74, 6) is 0.293. The van der Waals surface area contributed by atoms with Gasteiger partial charge in [-0.15, -0.1) is 11.8 Å². The Bertz CT molecular complexity index is 660. The molecule has 6 heteroatoms. The summed E-state index contributed by atoms with van der Waals surface area (Å²) in [5, 5.41) is 5.68. The van der Waals surface area contributed by atoms with E-state index in [9.17, 15) is 9.59 Å². The fourth-order valence-electron chi connectivity index (χ4n) is 1.98. The predicted molar refractivity (Wildman–Crippen MR) is 98.2 cm³/mol. The van der Waals surface area contributed by atoms with Gasteiger partial charge in [-0.3, -0.25) is 14.6 Å². The Balaban J connectivity index is 1.77. The Morgan fingerprint density at radius 1 is 0.958 bits per heavy atom. The molecule has 0 unspecified atom stereocenters. The van der Waals surface area contributed by atoms with E-state index in [-0.39, 0.29) is 11.8 Å². The number of aromatic nitrogens is 1. The second-order valence-electron chi connectivity index (χ2n) is 5.25. The molecule has 0 fully saturated rings. The fourth-order valence-corrected chi connectivity index (χ4v) is 2.67. The zero-order valence-electron chi connectivity index (χ0n) is 13.6. The molecule has 0 aliphatic heterocycles. The number of pyridine rings is 1. The molecule has 0 saturated carbocycles. The molecule has 2 N–H and O–H groups in total. The van der Waals surface area contributed by atoms with Crippen LogP contribution >= 0.6 is 11.8 Å². The van der Waals surface area contributed by atoms with Crippen LogP contribution in [0.5, 0.6) is 0 Å². The van der Waals surface area contributed by atoms with Crippen molar-refractivity contribution < 1.29 is 9.59 Å². The molecule has 0 aliphatic rings. The van der Waals surface area contributed by atoms with Crippen molar-refractivity contribution >= 4 is 35.0 Å². The van der Waals surface area contributed by atoms with Gasteiger partial charge in [0.1, 0.15) is 0 Å². The molecule has 1 aromatic heterocycles. The lowest BCUT2D eigenvalue weighted by atomic mass is 10.2. The van der Waals surface area contributed by atoms with E-state index < -0.39 is 0 Å². The van der Waals surface area contributed by atoms with Crippen molar-refractivity contribution in [1.82, 2.24) is 4.98 Å². The summed E-state index contributed by atoms with van der Waals surface area (Å²) >= 11 is 1.45. The molecule has 0 saturated heterocycles. The molecular weight excluding hydrogens is 322 g/mol. The highest BCUT2D eigenvalue weighted by Gasteiger charge is 2.05. The van der Waals surface area contributed by atoms with E-state index in [1.807, 2.05) is 24.3 Å². The van der Waals surface area contributed by atoms with E-state index in [0.29, 0.717) is 12.2 Å². The van der Waals surface area contributed by atoms with Crippen molar-refractivity contribution in [3.8, 4) is 0 Å². The lowest BCUT2D eigenvalue weighted by molar-refractivity contribution is -0.116. The number of hydrogen-bond acceptors (Lipinski definition) is 4. The number of nitrogens with zero attached hydrogens (tertiary/aromatic N) is 1. The van der Waals surface area contributed by atoms with Crippen LogP contribution in [-0.2, 0) is 9.59 Å². The largest absolute Gasteiger partial charge is 0.326 e. The summed E-state index contributed by atoms with van der Waals surface area (Å²) in [7, 11) is 0. The van der Waals surface area contributed by atoms with Gasteiger partial charge < -0.3 is 10.6 Å². The van der Waals surface area contributed by atoms with Crippen LogP contribution in [0.2, 0.25) is 0 Å². The maximum atomic E-state index is 11.9. The standard InChI is InChI=1S/C18H21N3O2S/c1-2-3-4-17(22)20-14-5-7-16(8-6-14)24-13-18(23)21-15-9-11-19-12-10-15/h5-12H,2-4,13H2,1H3,(H,20,22)(H,19,21,23). The molecule has 1 aromatic carbocycles. The minimum Gasteiger partial charge on any atom is -0.326 e. The first kappa shape index (κ1) is 18.0. The van der Waals surface area contributed by atoms with Gasteiger partial charge in [0.05, 0.1) is 5.75 Å². The van der Waals surface area contributed by atoms with Crippen LogP contribution in [0.1, 0.15) is 26.2 Å². The normalized spacial score (nSPS) is 10.2. The van der Waals surface area contributed by atoms with Crippen molar-refractivity contribution in [2.24, 2.45) is 0 Å². The Morgan fingerprint density at radius 3 is 2.25 bits per heavy atom. The van der Waals surface area contributed by atoms with Crippen LogP contribution in [0.15, 0.2) is 53.7 Å². The number of benzene rings is 1. The highest BCUT2D eigenvalue weighted by Crippen LogP contribution is 2.21. The maximum Gasteiger partial charge on any atom is 0.234 e. The molecule has 0 radical (unpaired) electrons. The number of hydrogen-bond donors (Lipinski definition) is 2. The van der Waals surface area contributed by atoms with Crippen molar-refractivity contribution in [3.63, 3.8) is 0 Å². The van der Waals surface area contributed by atoms with Crippen molar-refractivity contribution in [2.45, 2.75) is 31.1 Å². The average molecular weight is 343 g/mol. The summed E-state index contributed by atoms with van der Waals surface area (Å²) in [6.07, 6.45) is 5.71. The zero-order valence-corrected chi connectivity index (χ0v) is 14.4. The lowest BCUT2D eigenvalue weighted by Gasteiger charge is -2.07. The van der Waals surface area contributed by atoms with Crippen molar-refractivity contribution in [3.05, 3.63) is 48.8 Å². The van der Waals surface area contributed by atoms with Gasteiger partial charge in [0.15, 0.2) is 0 Å². The van der Waals surface area contributed by atoms with E-state index in [4.69, 9.17) is 0 Å². The maximum absolute atomic E-state index is 11.9. The van der Waals surface area contributed by atoms with E-state index in [1.54, 1.807) is 24.5 Å². The second kappa shape index (κ2) is 9.72. The van der Waals surface area contributed by atoms with Gasteiger partial charge in [0, 0.05) is 35.1 Å². The van der Waals surface area contributed by atoms with Crippen LogP contribution in [0.25, 0.3) is 0 Å². The topological polar surface area (TPSA) is 71.1 Å². The third-order valence-corrected chi connectivity index (χ3v) is 4.24. The number of rotatable bonds is 8. The number of thioether (sulfide) groups is 1. The number of unbranched alkanes of at least 4 members (excludes halogenated alkanes) is 1. The molecular formula is C18H21N3O2S. The summed E-state index contributed by atoms with van der Waals surface area (Å²) < 4.78 is 0. The monoisotopic (exact) mass is 343 g/mol. The molecule has 0 bridgehead atoms. The van der Waals surface area contributed by atoms with Gasteiger partial charge >= 0.3 is 0 Å². The highest BCUT2D eigenvalue weighted by atomic mass is 32.2. The minimum absolute atomic E-state index is 0.0361. The summed E-state index contributed by atoms with van der Waals surface area (Å²) in [4.78, 5) is 28.4. The van der Waals surface area contributed by atoms with E-state index >= 15 is 0 Å². The van der Waals surface area contributed by atoms with Crippen LogP contribution in [-0.4, -0.2) is 22.6 Å². The minimum atomic E-state index is -0.0665. The first-order valence-electron chi connectivity index (χ1n) is 7.90. The Hall–Kier alpha value is -2.34. The first-order valence-corrected chi connectivity index (χ1v) is 8.88. The zero-order chi connectivity index (χ0) is 17.2. The summed E-state index contributed by atoms with van der Waals surface area (Å²) in [6.45, 7) is 2.06. The molecule has 0 spiro atoms. The summed E-state index contributed by atoms with van der Waals surface area (Å²) in [6, 6.07) is 11.0. The third kappa shape index (κ3) is 6.42. The Kier molecular flexibility index (Phi) is 7.29. The molecule has 2 rings (SSSR count). The number of carbonyl (C=O) groups excluding carboxylic acids is 2. The molecule has 0 aliphatic carbocycles. The smallest absolute Gasteiger partial charge is 0.234 e. The quantitative estimate of drug-likeness (QED) is 0.712. The van der Waals surface area contributed by atoms with Gasteiger partial charge in [-0.1, -0.05) is 13.3 Å². The van der Waals surface area contributed by atoms with Gasteiger partial charge in [0.2, 0.25) is 11.8 Å². The molecule has 2 amide bonds. The lowest BCUT2D eigenvalue weighted by Crippen LogP contribution is -2.13.